The normalized spacial score (nSPS) is 20.9. The van der Waals surface area contributed by atoms with Gasteiger partial charge >= 0.3 is 0 Å². The Morgan fingerprint density at radius 1 is 1.13 bits per heavy atom. The van der Waals surface area contributed by atoms with Gasteiger partial charge in [0.15, 0.2) is 0 Å². The summed E-state index contributed by atoms with van der Waals surface area (Å²) in [7, 11) is 0. The van der Waals surface area contributed by atoms with E-state index in [9.17, 15) is 9.59 Å². The standard InChI is InChI=1S/C17H21N3O2S/c18-15(23)11-3-5-12(6-4-11)17(22)20-9-1-2-13(10-20)16(21)19-14-7-8-14/h3-6,13-14H,1-2,7-10H2,(H2,18,23)(H,19,21)/t13-/m1/s1. The first-order chi connectivity index (χ1) is 11.0. The van der Waals surface area contributed by atoms with Crippen LogP contribution in [0.3, 0.4) is 0 Å². The molecule has 1 aliphatic carbocycles. The zero-order valence-electron chi connectivity index (χ0n) is 13.0. The molecule has 3 rings (SSSR count). The van der Waals surface area contributed by atoms with Gasteiger partial charge in [0.2, 0.25) is 5.91 Å². The number of nitrogens with zero attached hydrogens (tertiary/aromatic N) is 1. The van der Waals surface area contributed by atoms with Crippen LogP contribution in [0.1, 0.15) is 41.6 Å². The second kappa shape index (κ2) is 6.66. The Morgan fingerprint density at radius 2 is 1.78 bits per heavy atom. The van der Waals surface area contributed by atoms with E-state index in [2.05, 4.69) is 5.32 Å². The van der Waals surface area contributed by atoms with Crippen LogP contribution in [-0.2, 0) is 4.79 Å². The molecule has 1 aromatic carbocycles. The van der Waals surface area contributed by atoms with Crippen molar-refractivity contribution in [3.8, 4) is 0 Å². The monoisotopic (exact) mass is 331 g/mol. The van der Waals surface area contributed by atoms with E-state index in [0.29, 0.717) is 29.7 Å². The van der Waals surface area contributed by atoms with Gasteiger partial charge in [0.1, 0.15) is 4.99 Å². The van der Waals surface area contributed by atoms with Gasteiger partial charge in [-0.15, -0.1) is 0 Å². The van der Waals surface area contributed by atoms with Crippen molar-refractivity contribution in [1.82, 2.24) is 10.2 Å². The van der Waals surface area contributed by atoms with Gasteiger partial charge in [0.25, 0.3) is 5.91 Å². The molecule has 5 nitrogen and oxygen atoms in total. The Kier molecular flexibility index (Phi) is 4.61. The van der Waals surface area contributed by atoms with E-state index in [4.69, 9.17) is 18.0 Å². The largest absolute Gasteiger partial charge is 0.389 e. The smallest absolute Gasteiger partial charge is 0.253 e. The lowest BCUT2D eigenvalue weighted by atomic mass is 9.96. The summed E-state index contributed by atoms with van der Waals surface area (Å²) >= 11 is 4.92. The van der Waals surface area contributed by atoms with Gasteiger partial charge in [-0.1, -0.05) is 24.4 Å². The molecule has 2 fully saturated rings. The predicted molar refractivity (Wildman–Crippen MR) is 92.1 cm³/mol. The number of hydrogen-bond acceptors (Lipinski definition) is 3. The van der Waals surface area contributed by atoms with Crippen LogP contribution in [0.4, 0.5) is 0 Å². The molecule has 0 bridgehead atoms. The van der Waals surface area contributed by atoms with E-state index < -0.39 is 0 Å². The maximum Gasteiger partial charge on any atom is 0.253 e. The van der Waals surface area contributed by atoms with E-state index in [1.54, 1.807) is 29.2 Å². The number of piperidine rings is 1. The van der Waals surface area contributed by atoms with Gasteiger partial charge in [-0.25, -0.2) is 0 Å². The van der Waals surface area contributed by atoms with Crippen LogP contribution in [0.5, 0.6) is 0 Å². The van der Waals surface area contributed by atoms with Gasteiger partial charge in [-0.2, -0.15) is 0 Å². The SMILES string of the molecule is NC(=S)c1ccc(C(=O)N2CCC[C@@H](C(=O)NC3CC3)C2)cc1. The van der Waals surface area contributed by atoms with Crippen molar-refractivity contribution < 1.29 is 9.59 Å². The topological polar surface area (TPSA) is 75.4 Å². The van der Waals surface area contributed by atoms with Crippen LogP contribution in [0, 0.1) is 5.92 Å². The van der Waals surface area contributed by atoms with Gasteiger partial charge in [-0.05, 0) is 37.8 Å². The molecule has 122 valence electrons. The van der Waals surface area contributed by atoms with E-state index in [1.807, 2.05) is 0 Å². The third-order valence-electron chi connectivity index (χ3n) is 4.42. The minimum absolute atomic E-state index is 0.0385. The van der Waals surface area contributed by atoms with Crippen molar-refractivity contribution in [2.75, 3.05) is 13.1 Å². The van der Waals surface area contributed by atoms with Crippen LogP contribution < -0.4 is 11.1 Å². The van der Waals surface area contributed by atoms with Gasteiger partial charge in [-0.3, -0.25) is 9.59 Å². The first-order valence-corrected chi connectivity index (χ1v) is 8.45. The predicted octanol–water partition coefficient (Wildman–Crippen LogP) is 1.45. The molecule has 6 heteroatoms. The zero-order chi connectivity index (χ0) is 16.4. The molecular weight excluding hydrogens is 310 g/mol. The number of rotatable bonds is 4. The molecular formula is C17H21N3O2S. The molecule has 1 aromatic rings. The summed E-state index contributed by atoms with van der Waals surface area (Å²) in [6.07, 6.45) is 3.87. The number of carbonyl (C=O) groups is 2. The summed E-state index contributed by atoms with van der Waals surface area (Å²) in [6.45, 7) is 1.19. The van der Waals surface area contributed by atoms with Crippen molar-refractivity contribution in [1.29, 1.82) is 0 Å². The quantitative estimate of drug-likeness (QED) is 0.819. The Bertz CT molecular complexity index is 625. The molecule has 1 heterocycles. The molecule has 0 aromatic heterocycles. The van der Waals surface area contributed by atoms with Crippen LogP contribution in [-0.4, -0.2) is 40.8 Å². The average Bonchev–Trinajstić information content (AvgIpc) is 3.38. The number of benzene rings is 1. The third kappa shape index (κ3) is 3.88. The van der Waals surface area contributed by atoms with Crippen molar-refractivity contribution in [3.05, 3.63) is 35.4 Å². The number of carbonyl (C=O) groups excluding carboxylic acids is 2. The molecule has 3 N–H and O–H groups in total. The van der Waals surface area contributed by atoms with Crippen LogP contribution in [0.2, 0.25) is 0 Å². The summed E-state index contributed by atoms with van der Waals surface area (Å²) in [5, 5.41) is 3.04. The number of nitrogens with two attached hydrogens (primary N) is 1. The number of hydrogen-bond donors (Lipinski definition) is 2. The van der Waals surface area contributed by atoms with Gasteiger partial charge in [0.05, 0.1) is 5.92 Å². The summed E-state index contributed by atoms with van der Waals surface area (Å²) in [5.41, 5.74) is 6.92. The molecule has 0 unspecified atom stereocenters. The minimum atomic E-state index is -0.0933. The Morgan fingerprint density at radius 3 is 2.39 bits per heavy atom. The van der Waals surface area contributed by atoms with Crippen LogP contribution in [0.15, 0.2) is 24.3 Å². The second-order valence-electron chi connectivity index (χ2n) is 6.31. The molecule has 23 heavy (non-hydrogen) atoms. The van der Waals surface area contributed by atoms with Crippen LogP contribution in [0.25, 0.3) is 0 Å². The fourth-order valence-corrected chi connectivity index (χ4v) is 3.02. The molecule has 1 aliphatic heterocycles. The maximum absolute atomic E-state index is 12.6. The van der Waals surface area contributed by atoms with E-state index in [0.717, 1.165) is 31.2 Å². The number of nitrogens with one attached hydrogen (secondary N) is 1. The Labute approximate surface area is 141 Å². The van der Waals surface area contributed by atoms with Gasteiger partial charge < -0.3 is 16.0 Å². The summed E-state index contributed by atoms with van der Waals surface area (Å²) in [4.78, 5) is 26.9. The summed E-state index contributed by atoms with van der Waals surface area (Å²) < 4.78 is 0. The lowest BCUT2D eigenvalue weighted by Gasteiger charge is -2.32. The lowest BCUT2D eigenvalue weighted by molar-refractivity contribution is -0.126. The number of likely N-dealkylation sites (tertiary alicyclic amines) is 1. The number of thiocarbonyl (C=S) groups is 1. The van der Waals surface area contributed by atoms with Crippen molar-refractivity contribution >= 4 is 29.0 Å². The lowest BCUT2D eigenvalue weighted by Crippen LogP contribution is -2.45. The van der Waals surface area contributed by atoms with E-state index in [1.165, 1.54) is 0 Å². The van der Waals surface area contributed by atoms with Gasteiger partial charge in [0, 0.05) is 30.3 Å². The van der Waals surface area contributed by atoms with Crippen LogP contribution >= 0.6 is 12.2 Å². The van der Waals surface area contributed by atoms with E-state index >= 15 is 0 Å². The third-order valence-corrected chi connectivity index (χ3v) is 4.66. The highest BCUT2D eigenvalue weighted by molar-refractivity contribution is 7.80. The minimum Gasteiger partial charge on any atom is -0.389 e. The summed E-state index contributed by atoms with van der Waals surface area (Å²) in [6, 6.07) is 7.37. The molecule has 2 aliphatic rings. The molecule has 2 amide bonds. The van der Waals surface area contributed by atoms with E-state index in [-0.39, 0.29) is 17.7 Å². The fraction of sp³-hybridized carbons (Fsp3) is 0.471. The molecule has 1 atom stereocenters. The van der Waals surface area contributed by atoms with Crippen molar-refractivity contribution in [2.24, 2.45) is 11.7 Å². The number of amides is 2. The highest BCUT2D eigenvalue weighted by Crippen LogP contribution is 2.23. The highest BCUT2D eigenvalue weighted by Gasteiger charge is 2.32. The second-order valence-corrected chi connectivity index (χ2v) is 6.75. The zero-order valence-corrected chi connectivity index (χ0v) is 13.8. The molecule has 1 saturated carbocycles. The molecule has 0 spiro atoms. The maximum atomic E-state index is 12.6. The fourth-order valence-electron chi connectivity index (χ4n) is 2.88. The molecule has 0 radical (unpaired) electrons. The first-order valence-electron chi connectivity index (χ1n) is 8.04. The highest BCUT2D eigenvalue weighted by atomic mass is 32.1. The molecule has 1 saturated heterocycles. The van der Waals surface area contributed by atoms with Crippen molar-refractivity contribution in [3.63, 3.8) is 0 Å². The Balaban J connectivity index is 1.63. The Hall–Kier alpha value is -1.95. The van der Waals surface area contributed by atoms with Crippen molar-refractivity contribution in [2.45, 2.75) is 31.7 Å². The average molecular weight is 331 g/mol. The summed E-state index contributed by atoms with van der Waals surface area (Å²) in [5.74, 6) is -0.0403. The first kappa shape index (κ1) is 15.9.